The van der Waals surface area contributed by atoms with Crippen molar-refractivity contribution in [1.82, 2.24) is 0 Å². The van der Waals surface area contributed by atoms with Gasteiger partial charge in [-0.2, -0.15) is 13.2 Å². The van der Waals surface area contributed by atoms with Crippen molar-refractivity contribution in [2.45, 2.75) is 12.5 Å². The minimum atomic E-state index is -4.44. The molecule has 0 heterocycles. The van der Waals surface area contributed by atoms with Crippen LogP contribution in [0.2, 0.25) is 0 Å². The van der Waals surface area contributed by atoms with Crippen molar-refractivity contribution < 1.29 is 22.6 Å². The number of alkyl halides is 3. The van der Waals surface area contributed by atoms with E-state index in [0.29, 0.717) is 5.56 Å². The maximum absolute atomic E-state index is 12.9. The zero-order valence-electron chi connectivity index (χ0n) is 12.6. The molecule has 0 fully saturated rings. The Bertz CT molecular complexity index is 709. The van der Waals surface area contributed by atoms with Gasteiger partial charge >= 0.3 is 6.18 Å². The molecule has 0 radical (unpaired) electrons. The number of rotatable bonds is 3. The quantitative estimate of drug-likeness (QED) is 0.616. The average molecular weight is 320 g/mol. The molecule has 0 N–H and O–H groups in total. The molecule has 0 aromatic heterocycles. The highest BCUT2D eigenvalue weighted by molar-refractivity contribution is 5.48. The number of methoxy groups -OCH3 is 2. The molecule has 0 spiro atoms. The predicted molar refractivity (Wildman–Crippen MR) is 80.6 cm³/mol. The van der Waals surface area contributed by atoms with Gasteiger partial charge in [-0.3, -0.25) is 0 Å². The fourth-order valence-electron chi connectivity index (χ4n) is 2.06. The van der Waals surface area contributed by atoms with Gasteiger partial charge < -0.3 is 9.47 Å². The van der Waals surface area contributed by atoms with Gasteiger partial charge in [0.05, 0.1) is 5.56 Å². The first-order valence-corrected chi connectivity index (χ1v) is 6.79. The Labute approximate surface area is 132 Å². The van der Waals surface area contributed by atoms with Gasteiger partial charge in [-0.1, -0.05) is 30.0 Å². The fraction of sp³-hybridized carbons (Fsp3) is 0.222. The summed E-state index contributed by atoms with van der Waals surface area (Å²) in [7, 11) is 2.73. The highest BCUT2D eigenvalue weighted by Gasteiger charge is 2.31. The summed E-state index contributed by atoms with van der Waals surface area (Å²) in [6.07, 6.45) is -5.36. The van der Waals surface area contributed by atoms with Gasteiger partial charge in [0.25, 0.3) is 0 Å². The molecule has 0 saturated carbocycles. The fourth-order valence-corrected chi connectivity index (χ4v) is 2.06. The molecule has 2 nitrogen and oxygen atoms in total. The standard InChI is InChI=1S/C18H15F3O2/c1-22-17(23-2)16-12-15(18(19,20)21)11-10-14(16)9-8-13-6-4-3-5-7-13/h3-7,10-12,17H,1-2H3. The van der Waals surface area contributed by atoms with Crippen LogP contribution >= 0.6 is 0 Å². The number of benzene rings is 2. The minimum absolute atomic E-state index is 0.244. The van der Waals surface area contributed by atoms with Crippen LogP contribution in [0.4, 0.5) is 13.2 Å². The molecule has 0 aliphatic rings. The number of hydrogen-bond donors (Lipinski definition) is 0. The zero-order chi connectivity index (χ0) is 16.9. The normalized spacial score (nSPS) is 11.2. The van der Waals surface area contributed by atoms with Crippen LogP contribution in [0.3, 0.4) is 0 Å². The van der Waals surface area contributed by atoms with E-state index in [2.05, 4.69) is 11.8 Å². The molecule has 2 rings (SSSR count). The maximum Gasteiger partial charge on any atom is 0.416 e. The molecular weight excluding hydrogens is 305 g/mol. The van der Waals surface area contributed by atoms with E-state index >= 15 is 0 Å². The van der Waals surface area contributed by atoms with Gasteiger partial charge in [-0.15, -0.1) is 0 Å². The van der Waals surface area contributed by atoms with Crippen molar-refractivity contribution >= 4 is 0 Å². The van der Waals surface area contributed by atoms with E-state index in [9.17, 15) is 13.2 Å². The van der Waals surface area contributed by atoms with E-state index in [1.165, 1.54) is 20.3 Å². The summed E-state index contributed by atoms with van der Waals surface area (Å²) in [5.74, 6) is 5.80. The van der Waals surface area contributed by atoms with Crippen molar-refractivity contribution in [1.29, 1.82) is 0 Å². The highest BCUT2D eigenvalue weighted by atomic mass is 19.4. The molecule has 0 atom stereocenters. The van der Waals surface area contributed by atoms with Crippen LogP contribution in [0.25, 0.3) is 0 Å². The lowest BCUT2D eigenvalue weighted by Crippen LogP contribution is -2.10. The summed E-state index contributed by atoms with van der Waals surface area (Å²) < 4.78 is 48.9. The summed E-state index contributed by atoms with van der Waals surface area (Å²) in [5.41, 5.74) is 0.672. The van der Waals surface area contributed by atoms with E-state index in [0.717, 1.165) is 17.7 Å². The molecule has 0 amide bonds. The number of hydrogen-bond acceptors (Lipinski definition) is 2. The molecule has 0 aliphatic heterocycles. The van der Waals surface area contributed by atoms with E-state index in [1.54, 1.807) is 0 Å². The first-order valence-electron chi connectivity index (χ1n) is 6.79. The zero-order valence-corrected chi connectivity index (χ0v) is 12.6. The monoisotopic (exact) mass is 320 g/mol. The second kappa shape index (κ2) is 7.32. The molecule has 120 valence electrons. The number of halogens is 3. The second-order valence-electron chi connectivity index (χ2n) is 4.72. The summed E-state index contributed by atoms with van der Waals surface area (Å²) in [6, 6.07) is 12.5. The van der Waals surface area contributed by atoms with Crippen LogP contribution in [0.1, 0.15) is 28.5 Å². The van der Waals surface area contributed by atoms with Crippen molar-refractivity contribution in [2.24, 2.45) is 0 Å². The van der Waals surface area contributed by atoms with Crippen molar-refractivity contribution in [2.75, 3.05) is 14.2 Å². The topological polar surface area (TPSA) is 18.5 Å². The Kier molecular flexibility index (Phi) is 5.43. The third-order valence-electron chi connectivity index (χ3n) is 3.18. The lowest BCUT2D eigenvalue weighted by atomic mass is 10.0. The van der Waals surface area contributed by atoms with Crippen LogP contribution in [0.15, 0.2) is 48.5 Å². The number of ether oxygens (including phenoxy) is 2. The smallest absolute Gasteiger partial charge is 0.352 e. The van der Waals surface area contributed by atoms with Crippen molar-refractivity contribution in [3.05, 3.63) is 70.8 Å². The van der Waals surface area contributed by atoms with Gasteiger partial charge in [-0.05, 0) is 30.3 Å². The first kappa shape index (κ1) is 17.1. The lowest BCUT2D eigenvalue weighted by Gasteiger charge is -2.17. The minimum Gasteiger partial charge on any atom is -0.352 e. The van der Waals surface area contributed by atoms with E-state index in [4.69, 9.17) is 9.47 Å². The predicted octanol–water partition coefficient (Wildman–Crippen LogP) is 4.40. The van der Waals surface area contributed by atoms with Gasteiger partial charge in [0, 0.05) is 30.9 Å². The van der Waals surface area contributed by atoms with Gasteiger partial charge in [0.1, 0.15) is 0 Å². The summed E-state index contributed by atoms with van der Waals surface area (Å²) in [6.45, 7) is 0. The van der Waals surface area contributed by atoms with Crippen LogP contribution in [0.5, 0.6) is 0 Å². The van der Waals surface area contributed by atoms with Gasteiger partial charge in [0.15, 0.2) is 6.29 Å². The van der Waals surface area contributed by atoms with E-state index in [-0.39, 0.29) is 5.56 Å². The van der Waals surface area contributed by atoms with Gasteiger partial charge in [0.2, 0.25) is 0 Å². The third kappa shape index (κ3) is 4.35. The SMILES string of the molecule is COC(OC)c1cc(C(F)(F)F)ccc1C#Cc1ccccc1. The van der Waals surface area contributed by atoms with Crippen LogP contribution in [0, 0.1) is 11.8 Å². The van der Waals surface area contributed by atoms with E-state index in [1.807, 2.05) is 30.3 Å². The Balaban J connectivity index is 2.48. The van der Waals surface area contributed by atoms with Crippen LogP contribution < -0.4 is 0 Å². The van der Waals surface area contributed by atoms with Gasteiger partial charge in [-0.25, -0.2) is 0 Å². The molecule has 0 bridgehead atoms. The maximum atomic E-state index is 12.9. The molecular formula is C18H15F3O2. The molecule has 0 unspecified atom stereocenters. The summed E-state index contributed by atoms with van der Waals surface area (Å²) >= 11 is 0. The molecule has 2 aromatic carbocycles. The Morgan fingerprint density at radius 3 is 2.13 bits per heavy atom. The summed E-state index contributed by atoms with van der Waals surface area (Å²) in [5, 5.41) is 0. The Morgan fingerprint density at radius 2 is 1.57 bits per heavy atom. The van der Waals surface area contributed by atoms with Crippen LogP contribution in [-0.2, 0) is 15.7 Å². The third-order valence-corrected chi connectivity index (χ3v) is 3.18. The molecule has 0 aliphatic carbocycles. The first-order chi connectivity index (χ1) is 11.0. The van der Waals surface area contributed by atoms with Crippen LogP contribution in [-0.4, -0.2) is 14.2 Å². The molecule has 5 heteroatoms. The molecule has 23 heavy (non-hydrogen) atoms. The second-order valence-corrected chi connectivity index (χ2v) is 4.72. The molecule has 0 saturated heterocycles. The van der Waals surface area contributed by atoms with E-state index < -0.39 is 18.0 Å². The Hall–Kier alpha value is -2.29. The Morgan fingerprint density at radius 1 is 0.913 bits per heavy atom. The van der Waals surface area contributed by atoms with Crippen molar-refractivity contribution in [3.63, 3.8) is 0 Å². The summed E-state index contributed by atoms with van der Waals surface area (Å²) in [4.78, 5) is 0. The average Bonchev–Trinajstić information content (AvgIpc) is 2.54. The largest absolute Gasteiger partial charge is 0.416 e. The highest BCUT2D eigenvalue weighted by Crippen LogP contribution is 2.33. The lowest BCUT2D eigenvalue weighted by molar-refractivity contribution is -0.138. The van der Waals surface area contributed by atoms with Crippen molar-refractivity contribution in [3.8, 4) is 11.8 Å². The molecule has 2 aromatic rings.